The molecule has 1 atom stereocenters. The van der Waals surface area contributed by atoms with Crippen LogP contribution in [0.25, 0.3) is 0 Å². The number of carbonyl (C=O) groups is 2. The fourth-order valence-corrected chi connectivity index (χ4v) is 3.31. The van der Waals surface area contributed by atoms with Crippen molar-refractivity contribution in [1.82, 2.24) is 5.32 Å². The average Bonchev–Trinajstić information content (AvgIpc) is 2.68. The van der Waals surface area contributed by atoms with E-state index in [2.05, 4.69) is 41.9 Å². The summed E-state index contributed by atoms with van der Waals surface area (Å²) in [5.41, 5.74) is 0. The highest BCUT2D eigenvalue weighted by atomic mass is 79.9. The van der Waals surface area contributed by atoms with Gasteiger partial charge in [-0.25, -0.2) is 4.79 Å². The number of ether oxygens (including phenoxy) is 1. The molecule has 4 nitrogen and oxygen atoms in total. The molecule has 1 aromatic heterocycles. The minimum absolute atomic E-state index is 0.268. The van der Waals surface area contributed by atoms with Crippen molar-refractivity contribution in [3.63, 3.8) is 0 Å². The molecule has 0 spiro atoms. The van der Waals surface area contributed by atoms with Crippen LogP contribution in [0.2, 0.25) is 0 Å². The van der Waals surface area contributed by atoms with Crippen molar-refractivity contribution in [3.8, 4) is 0 Å². The lowest BCUT2D eigenvalue weighted by Crippen LogP contribution is -2.41. The smallest absolute Gasteiger partial charge is 0.328 e. The van der Waals surface area contributed by atoms with Gasteiger partial charge in [0.2, 0.25) is 0 Å². The molecule has 0 bridgehead atoms. The first kappa shape index (κ1) is 15.7. The second kappa shape index (κ2) is 7.25. The van der Waals surface area contributed by atoms with E-state index in [1.165, 1.54) is 18.4 Å². The summed E-state index contributed by atoms with van der Waals surface area (Å²) in [6.07, 6.45) is 1.35. The molecular formula is C11H13Br2NO3S. The molecule has 1 N–H and O–H groups in total. The van der Waals surface area contributed by atoms with E-state index in [9.17, 15) is 9.59 Å². The van der Waals surface area contributed by atoms with Crippen LogP contribution in [-0.4, -0.2) is 25.0 Å². The van der Waals surface area contributed by atoms with Crippen molar-refractivity contribution in [3.05, 3.63) is 19.2 Å². The molecule has 0 saturated heterocycles. The summed E-state index contributed by atoms with van der Waals surface area (Å²) < 4.78 is 6.33. The van der Waals surface area contributed by atoms with Gasteiger partial charge in [0, 0.05) is 4.47 Å². The first-order valence-electron chi connectivity index (χ1n) is 5.33. The Balaban J connectivity index is 2.74. The van der Waals surface area contributed by atoms with Crippen LogP contribution in [0.4, 0.5) is 0 Å². The van der Waals surface area contributed by atoms with Crippen molar-refractivity contribution < 1.29 is 14.3 Å². The molecule has 1 rings (SSSR count). The van der Waals surface area contributed by atoms with Gasteiger partial charge >= 0.3 is 5.97 Å². The Morgan fingerprint density at radius 2 is 2.17 bits per heavy atom. The van der Waals surface area contributed by atoms with Crippen LogP contribution in [0.1, 0.15) is 29.4 Å². The molecule has 0 saturated carbocycles. The maximum atomic E-state index is 12.0. The number of esters is 1. The van der Waals surface area contributed by atoms with Crippen molar-refractivity contribution in [2.45, 2.75) is 25.8 Å². The fourth-order valence-electron chi connectivity index (χ4n) is 1.37. The Bertz CT molecular complexity index is 428. The number of nitrogens with one attached hydrogen (secondary N) is 1. The maximum Gasteiger partial charge on any atom is 0.328 e. The molecule has 18 heavy (non-hydrogen) atoms. The van der Waals surface area contributed by atoms with Crippen LogP contribution < -0.4 is 5.32 Å². The molecule has 0 fully saturated rings. The molecule has 1 aromatic rings. The van der Waals surface area contributed by atoms with Crippen LogP contribution in [0.15, 0.2) is 14.3 Å². The summed E-state index contributed by atoms with van der Waals surface area (Å²) in [5.74, 6) is -0.685. The Morgan fingerprint density at radius 3 is 2.61 bits per heavy atom. The van der Waals surface area contributed by atoms with Gasteiger partial charge in [-0.3, -0.25) is 4.79 Å². The van der Waals surface area contributed by atoms with Crippen molar-refractivity contribution in [2.75, 3.05) is 7.11 Å². The lowest BCUT2D eigenvalue weighted by atomic mass is 10.1. The first-order chi connectivity index (χ1) is 8.49. The van der Waals surface area contributed by atoms with Gasteiger partial charge in [-0.15, -0.1) is 11.3 Å². The zero-order chi connectivity index (χ0) is 13.7. The van der Waals surface area contributed by atoms with E-state index < -0.39 is 12.0 Å². The molecule has 1 heterocycles. The molecule has 1 amide bonds. The molecule has 0 aliphatic heterocycles. The molecule has 0 aromatic carbocycles. The Morgan fingerprint density at radius 1 is 1.50 bits per heavy atom. The van der Waals surface area contributed by atoms with Gasteiger partial charge in [0.05, 0.1) is 15.8 Å². The minimum Gasteiger partial charge on any atom is -0.467 e. The van der Waals surface area contributed by atoms with Crippen molar-refractivity contribution in [1.29, 1.82) is 0 Å². The number of amides is 1. The quantitative estimate of drug-likeness (QED) is 0.773. The number of hydrogen-bond acceptors (Lipinski definition) is 4. The largest absolute Gasteiger partial charge is 0.467 e. The van der Waals surface area contributed by atoms with Gasteiger partial charge in [0.25, 0.3) is 5.91 Å². The Hall–Kier alpha value is -0.400. The van der Waals surface area contributed by atoms with E-state index >= 15 is 0 Å². The molecule has 0 radical (unpaired) electrons. The monoisotopic (exact) mass is 397 g/mol. The number of thiophene rings is 1. The summed E-state index contributed by atoms with van der Waals surface area (Å²) in [5, 5.41) is 2.68. The topological polar surface area (TPSA) is 55.4 Å². The normalized spacial score (nSPS) is 12.0. The Labute approximate surface area is 126 Å². The van der Waals surface area contributed by atoms with E-state index in [4.69, 9.17) is 0 Å². The number of carbonyl (C=O) groups excluding carboxylic acids is 2. The highest BCUT2D eigenvalue weighted by Crippen LogP contribution is 2.32. The molecule has 7 heteroatoms. The molecule has 0 aliphatic carbocycles. The van der Waals surface area contributed by atoms with E-state index in [0.717, 1.165) is 14.7 Å². The number of hydrogen-bond donors (Lipinski definition) is 1. The predicted octanol–water partition coefficient (Wildman–Crippen LogP) is 3.34. The predicted molar refractivity (Wildman–Crippen MR) is 77.9 cm³/mol. The van der Waals surface area contributed by atoms with Gasteiger partial charge in [-0.1, -0.05) is 13.3 Å². The average molecular weight is 399 g/mol. The van der Waals surface area contributed by atoms with Gasteiger partial charge in [-0.2, -0.15) is 0 Å². The van der Waals surface area contributed by atoms with Crippen LogP contribution in [0.5, 0.6) is 0 Å². The lowest BCUT2D eigenvalue weighted by molar-refractivity contribution is -0.143. The van der Waals surface area contributed by atoms with Crippen LogP contribution >= 0.6 is 43.2 Å². The van der Waals surface area contributed by atoms with Crippen LogP contribution in [-0.2, 0) is 9.53 Å². The highest BCUT2D eigenvalue weighted by Gasteiger charge is 2.22. The van der Waals surface area contributed by atoms with Gasteiger partial charge in [0.1, 0.15) is 6.04 Å². The van der Waals surface area contributed by atoms with Gasteiger partial charge in [-0.05, 0) is 44.3 Å². The van der Waals surface area contributed by atoms with E-state index in [1.807, 2.05) is 6.92 Å². The summed E-state index contributed by atoms with van der Waals surface area (Å²) in [4.78, 5) is 24.0. The molecule has 0 unspecified atom stereocenters. The number of methoxy groups -OCH3 is 1. The van der Waals surface area contributed by atoms with Crippen LogP contribution in [0.3, 0.4) is 0 Å². The SMILES string of the molecule is CCC[C@H](NC(=O)c1cc(Br)c(Br)s1)C(=O)OC. The first-order valence-corrected chi connectivity index (χ1v) is 7.73. The summed E-state index contributed by atoms with van der Waals surface area (Å²) in [6.45, 7) is 1.94. The van der Waals surface area contributed by atoms with E-state index in [-0.39, 0.29) is 5.91 Å². The number of halogens is 2. The van der Waals surface area contributed by atoms with E-state index in [0.29, 0.717) is 11.3 Å². The third kappa shape index (κ3) is 4.07. The summed E-state index contributed by atoms with van der Waals surface area (Å²) >= 11 is 7.95. The van der Waals surface area contributed by atoms with Crippen LogP contribution in [0, 0.1) is 0 Å². The maximum absolute atomic E-state index is 12.0. The lowest BCUT2D eigenvalue weighted by Gasteiger charge is -2.14. The highest BCUT2D eigenvalue weighted by molar-refractivity contribution is 9.13. The summed E-state index contributed by atoms with van der Waals surface area (Å²) in [6, 6.07) is 1.12. The van der Waals surface area contributed by atoms with E-state index in [1.54, 1.807) is 6.07 Å². The summed E-state index contributed by atoms with van der Waals surface area (Å²) in [7, 11) is 1.31. The second-order valence-corrected chi connectivity index (χ2v) is 6.79. The number of rotatable bonds is 5. The minimum atomic E-state index is -0.591. The molecule has 0 aliphatic rings. The third-order valence-corrected chi connectivity index (χ3v) is 5.49. The molecular weight excluding hydrogens is 386 g/mol. The fraction of sp³-hybridized carbons (Fsp3) is 0.455. The van der Waals surface area contributed by atoms with Gasteiger partial charge < -0.3 is 10.1 Å². The third-order valence-electron chi connectivity index (χ3n) is 2.24. The van der Waals surface area contributed by atoms with Crippen molar-refractivity contribution >= 4 is 55.1 Å². The Kier molecular flexibility index (Phi) is 6.31. The van der Waals surface area contributed by atoms with Crippen molar-refractivity contribution in [2.24, 2.45) is 0 Å². The second-order valence-electron chi connectivity index (χ2n) is 3.57. The van der Waals surface area contributed by atoms with Gasteiger partial charge in [0.15, 0.2) is 0 Å². The zero-order valence-corrected chi connectivity index (χ0v) is 13.9. The molecule has 100 valence electrons. The standard InChI is InChI=1S/C11H13Br2NO3S/c1-3-4-7(11(16)17-2)14-10(15)8-5-6(12)9(13)18-8/h5,7H,3-4H2,1-2H3,(H,14,15)/t7-/m0/s1. The zero-order valence-electron chi connectivity index (χ0n) is 9.96.